The van der Waals surface area contributed by atoms with Crippen LogP contribution in [0.2, 0.25) is 0 Å². The lowest BCUT2D eigenvalue weighted by molar-refractivity contribution is 0.0527. The summed E-state index contributed by atoms with van der Waals surface area (Å²) in [6.07, 6.45) is 3.30. The molecule has 0 amide bonds. The van der Waals surface area contributed by atoms with Crippen LogP contribution >= 0.6 is 0 Å². The van der Waals surface area contributed by atoms with Gasteiger partial charge in [0.15, 0.2) is 0 Å². The molecule has 2 rings (SSSR count). The number of pyridine rings is 1. The fraction of sp³-hybridized carbons (Fsp3) is 0.286. The zero-order valence-electron chi connectivity index (χ0n) is 11.2. The summed E-state index contributed by atoms with van der Waals surface area (Å²) in [5, 5.41) is 0. The summed E-state index contributed by atoms with van der Waals surface area (Å²) in [5.74, 6) is 0.128. The fourth-order valence-corrected chi connectivity index (χ4v) is 1.99. The predicted molar refractivity (Wildman–Crippen MR) is 71.3 cm³/mol. The Hall–Kier alpha value is -2.30. The molecule has 0 aliphatic carbocycles. The van der Waals surface area contributed by atoms with Crippen LogP contribution in [-0.2, 0) is 4.74 Å². The maximum absolute atomic E-state index is 11.9. The Labute approximate surface area is 111 Å². The molecule has 0 bridgehead atoms. The molecule has 0 atom stereocenters. The zero-order chi connectivity index (χ0) is 13.8. The zero-order valence-corrected chi connectivity index (χ0v) is 11.2. The summed E-state index contributed by atoms with van der Waals surface area (Å²) in [4.78, 5) is 19.1. The van der Waals surface area contributed by atoms with Crippen molar-refractivity contribution in [2.45, 2.75) is 13.8 Å². The van der Waals surface area contributed by atoms with Gasteiger partial charge in [-0.05, 0) is 26.0 Å². The van der Waals surface area contributed by atoms with E-state index in [2.05, 4.69) is 9.97 Å². The first kappa shape index (κ1) is 13.1. The maximum Gasteiger partial charge on any atom is 0.340 e. The normalized spacial score (nSPS) is 10.3. The number of rotatable bonds is 4. The predicted octanol–water partition coefficient (Wildman–Crippen LogP) is 2.57. The number of aromatic nitrogens is 2. The molecule has 0 unspecified atom stereocenters. The molecule has 0 aliphatic heterocycles. The van der Waals surface area contributed by atoms with E-state index in [1.54, 1.807) is 32.5 Å². The van der Waals surface area contributed by atoms with Gasteiger partial charge in [0.2, 0.25) is 5.88 Å². The van der Waals surface area contributed by atoms with Gasteiger partial charge >= 0.3 is 5.97 Å². The summed E-state index contributed by atoms with van der Waals surface area (Å²) < 4.78 is 10.3. The van der Waals surface area contributed by atoms with E-state index in [0.717, 1.165) is 16.8 Å². The Balaban J connectivity index is 2.55. The van der Waals surface area contributed by atoms with Gasteiger partial charge in [-0.3, -0.25) is 0 Å². The number of H-pyrrole nitrogens is 1. The molecule has 2 aromatic heterocycles. The lowest BCUT2D eigenvalue weighted by Gasteiger charge is -2.09. The Kier molecular flexibility index (Phi) is 3.85. The summed E-state index contributed by atoms with van der Waals surface area (Å²) in [6.45, 7) is 4.01. The second kappa shape index (κ2) is 5.56. The van der Waals surface area contributed by atoms with Crippen molar-refractivity contribution < 1.29 is 14.3 Å². The number of aromatic amines is 1. The van der Waals surface area contributed by atoms with E-state index >= 15 is 0 Å². The first-order valence-corrected chi connectivity index (χ1v) is 6.03. The number of aryl methyl sites for hydroxylation is 1. The third-order valence-electron chi connectivity index (χ3n) is 2.81. The molecule has 19 heavy (non-hydrogen) atoms. The first-order valence-electron chi connectivity index (χ1n) is 6.03. The highest BCUT2D eigenvalue weighted by atomic mass is 16.5. The van der Waals surface area contributed by atoms with Gasteiger partial charge in [0.05, 0.1) is 19.3 Å². The number of methoxy groups -OCH3 is 1. The summed E-state index contributed by atoms with van der Waals surface area (Å²) in [5.41, 5.74) is 2.90. The lowest BCUT2D eigenvalue weighted by Crippen LogP contribution is -2.05. The van der Waals surface area contributed by atoms with Crippen molar-refractivity contribution in [1.29, 1.82) is 0 Å². The molecular weight excluding hydrogens is 244 g/mol. The van der Waals surface area contributed by atoms with Gasteiger partial charge in [-0.25, -0.2) is 9.78 Å². The van der Waals surface area contributed by atoms with Crippen LogP contribution in [-0.4, -0.2) is 29.7 Å². The molecule has 0 saturated heterocycles. The minimum Gasteiger partial charge on any atom is -0.481 e. The van der Waals surface area contributed by atoms with Crippen LogP contribution in [0.5, 0.6) is 5.88 Å². The summed E-state index contributed by atoms with van der Waals surface area (Å²) in [6, 6.07) is 3.67. The average Bonchev–Trinajstić information content (AvgIpc) is 2.81. The van der Waals surface area contributed by atoms with E-state index in [1.807, 2.05) is 13.0 Å². The van der Waals surface area contributed by atoms with E-state index in [1.165, 1.54) is 0 Å². The minimum absolute atomic E-state index is 0.340. The quantitative estimate of drug-likeness (QED) is 0.858. The van der Waals surface area contributed by atoms with Crippen LogP contribution in [0.1, 0.15) is 23.0 Å². The number of nitrogens with one attached hydrogen (secondary N) is 1. The van der Waals surface area contributed by atoms with E-state index in [-0.39, 0.29) is 5.97 Å². The third-order valence-corrected chi connectivity index (χ3v) is 2.81. The van der Waals surface area contributed by atoms with Gasteiger partial charge in [-0.15, -0.1) is 0 Å². The molecule has 2 heterocycles. The molecule has 5 heteroatoms. The maximum atomic E-state index is 11.9. The molecule has 0 aliphatic rings. The van der Waals surface area contributed by atoms with Crippen molar-refractivity contribution in [1.82, 2.24) is 9.97 Å². The van der Waals surface area contributed by atoms with Gasteiger partial charge in [0.1, 0.15) is 0 Å². The Morgan fingerprint density at radius 1 is 1.47 bits per heavy atom. The topological polar surface area (TPSA) is 64.2 Å². The van der Waals surface area contributed by atoms with Crippen molar-refractivity contribution in [2.75, 3.05) is 13.7 Å². The van der Waals surface area contributed by atoms with Crippen molar-refractivity contribution in [3.63, 3.8) is 0 Å². The van der Waals surface area contributed by atoms with Crippen LogP contribution in [0.4, 0.5) is 0 Å². The number of ether oxygens (including phenoxy) is 2. The standard InChI is InChI=1S/C14H16N2O3/c1-4-19-14(17)11-8-16-9(2)12(11)10-6-5-7-15-13(10)18-3/h5-8,16H,4H2,1-3H3. The van der Waals surface area contributed by atoms with E-state index < -0.39 is 0 Å². The summed E-state index contributed by atoms with van der Waals surface area (Å²) >= 11 is 0. The van der Waals surface area contributed by atoms with Gasteiger partial charge in [-0.1, -0.05) is 0 Å². The number of carbonyl (C=O) groups is 1. The molecule has 2 aromatic rings. The minimum atomic E-state index is -0.354. The van der Waals surface area contributed by atoms with Crippen molar-refractivity contribution >= 4 is 5.97 Å². The van der Waals surface area contributed by atoms with Crippen LogP contribution < -0.4 is 4.74 Å². The molecule has 0 saturated carbocycles. The monoisotopic (exact) mass is 260 g/mol. The molecule has 0 spiro atoms. The van der Waals surface area contributed by atoms with Crippen LogP contribution in [0.25, 0.3) is 11.1 Å². The number of hydrogen-bond donors (Lipinski definition) is 1. The van der Waals surface area contributed by atoms with E-state index in [4.69, 9.17) is 9.47 Å². The molecule has 0 aromatic carbocycles. The molecular formula is C14H16N2O3. The van der Waals surface area contributed by atoms with Crippen LogP contribution in [0.15, 0.2) is 24.5 Å². The molecule has 1 N–H and O–H groups in total. The van der Waals surface area contributed by atoms with Gasteiger partial charge < -0.3 is 14.5 Å². The number of esters is 1. The summed E-state index contributed by atoms with van der Waals surface area (Å²) in [7, 11) is 1.55. The van der Waals surface area contributed by atoms with Gasteiger partial charge in [-0.2, -0.15) is 0 Å². The Morgan fingerprint density at radius 3 is 2.95 bits per heavy atom. The van der Waals surface area contributed by atoms with Gasteiger partial charge in [0.25, 0.3) is 0 Å². The smallest absolute Gasteiger partial charge is 0.340 e. The first-order chi connectivity index (χ1) is 9.19. The van der Waals surface area contributed by atoms with Crippen LogP contribution in [0.3, 0.4) is 0 Å². The fourth-order valence-electron chi connectivity index (χ4n) is 1.99. The highest BCUT2D eigenvalue weighted by Gasteiger charge is 2.20. The molecule has 0 radical (unpaired) electrons. The molecule has 0 fully saturated rings. The second-order valence-electron chi connectivity index (χ2n) is 3.98. The number of hydrogen-bond acceptors (Lipinski definition) is 4. The average molecular weight is 260 g/mol. The SMILES string of the molecule is CCOC(=O)c1c[nH]c(C)c1-c1cccnc1OC. The lowest BCUT2D eigenvalue weighted by atomic mass is 10.0. The van der Waals surface area contributed by atoms with Crippen molar-refractivity contribution in [3.8, 4) is 17.0 Å². The Morgan fingerprint density at radius 2 is 2.26 bits per heavy atom. The largest absolute Gasteiger partial charge is 0.481 e. The number of nitrogens with zero attached hydrogens (tertiary/aromatic N) is 1. The van der Waals surface area contributed by atoms with E-state index in [9.17, 15) is 4.79 Å². The number of carbonyl (C=O) groups excluding carboxylic acids is 1. The third kappa shape index (κ3) is 2.45. The van der Waals surface area contributed by atoms with Crippen molar-refractivity contribution in [3.05, 3.63) is 35.8 Å². The van der Waals surface area contributed by atoms with E-state index in [0.29, 0.717) is 18.1 Å². The molecule has 5 nitrogen and oxygen atoms in total. The van der Waals surface area contributed by atoms with Crippen molar-refractivity contribution in [2.24, 2.45) is 0 Å². The van der Waals surface area contributed by atoms with Gasteiger partial charge in [0, 0.05) is 29.2 Å². The second-order valence-corrected chi connectivity index (χ2v) is 3.98. The molecule has 100 valence electrons. The highest BCUT2D eigenvalue weighted by molar-refractivity contribution is 5.98. The Bertz CT molecular complexity index is 590. The van der Waals surface area contributed by atoms with Crippen LogP contribution in [0, 0.1) is 6.92 Å². The highest BCUT2D eigenvalue weighted by Crippen LogP contribution is 2.33.